The molecule has 0 radical (unpaired) electrons. The molecule has 3 aromatic rings. The van der Waals surface area contributed by atoms with Crippen LogP contribution in [0.3, 0.4) is 0 Å². The van der Waals surface area contributed by atoms with Gasteiger partial charge in [-0.2, -0.15) is 0 Å². The number of piperidine rings is 1. The average molecular weight is 401 g/mol. The van der Waals surface area contributed by atoms with Gasteiger partial charge in [0.25, 0.3) is 0 Å². The monoisotopic (exact) mass is 400 g/mol. The van der Waals surface area contributed by atoms with Gasteiger partial charge in [0, 0.05) is 18.2 Å². The molecule has 0 aliphatic carbocycles. The minimum Gasteiger partial charge on any atom is -0.489 e. The van der Waals surface area contributed by atoms with Crippen molar-refractivity contribution >= 4 is 11.6 Å². The Bertz CT molecular complexity index is 918. The average Bonchev–Trinajstić information content (AvgIpc) is 2.80. The van der Waals surface area contributed by atoms with E-state index in [0.29, 0.717) is 6.61 Å². The number of carbonyl (C=O) groups excluding carboxylic acids is 1. The number of likely N-dealkylation sites (tertiary alicyclic amines) is 1. The van der Waals surface area contributed by atoms with Gasteiger partial charge >= 0.3 is 0 Å². The fraction of sp³-hybridized carbons (Fsp3) is 0.269. The van der Waals surface area contributed by atoms with Crippen LogP contribution in [0.15, 0.2) is 84.9 Å². The number of nitrogens with one attached hydrogen (secondary N) is 1. The van der Waals surface area contributed by atoms with E-state index in [1.54, 1.807) is 0 Å². The smallest absolute Gasteiger partial charge is 0.227 e. The van der Waals surface area contributed by atoms with Gasteiger partial charge in [0.2, 0.25) is 5.91 Å². The van der Waals surface area contributed by atoms with Crippen molar-refractivity contribution < 1.29 is 9.53 Å². The second kappa shape index (κ2) is 10.1. The Balaban J connectivity index is 1.22. The predicted molar refractivity (Wildman–Crippen MR) is 120 cm³/mol. The minimum absolute atomic E-state index is 0.0750. The molecule has 0 aromatic heterocycles. The third kappa shape index (κ3) is 5.71. The molecule has 1 heterocycles. The summed E-state index contributed by atoms with van der Waals surface area (Å²) in [7, 11) is 0. The zero-order chi connectivity index (χ0) is 20.6. The molecule has 0 saturated carbocycles. The molecule has 4 heteroatoms. The number of nitrogens with zero attached hydrogens (tertiary/aromatic N) is 1. The second-order valence-electron chi connectivity index (χ2n) is 7.82. The number of ether oxygens (including phenoxy) is 1. The summed E-state index contributed by atoms with van der Waals surface area (Å²) in [5, 5.41) is 3.06. The molecule has 1 amide bonds. The van der Waals surface area contributed by atoms with Crippen LogP contribution in [0.4, 0.5) is 5.69 Å². The van der Waals surface area contributed by atoms with E-state index in [1.807, 2.05) is 60.7 Å². The van der Waals surface area contributed by atoms with Gasteiger partial charge in [-0.3, -0.25) is 9.69 Å². The summed E-state index contributed by atoms with van der Waals surface area (Å²) in [5.41, 5.74) is 3.28. The largest absolute Gasteiger partial charge is 0.489 e. The van der Waals surface area contributed by atoms with Gasteiger partial charge in [0.15, 0.2) is 0 Å². The molecule has 0 atom stereocenters. The third-order valence-electron chi connectivity index (χ3n) is 5.58. The summed E-state index contributed by atoms with van der Waals surface area (Å²) >= 11 is 0. The highest BCUT2D eigenvalue weighted by atomic mass is 16.5. The summed E-state index contributed by atoms with van der Waals surface area (Å²) in [4.78, 5) is 15.1. The van der Waals surface area contributed by atoms with Crippen LogP contribution in [0.1, 0.15) is 24.0 Å². The predicted octanol–water partition coefficient (Wildman–Crippen LogP) is 5.12. The van der Waals surface area contributed by atoms with E-state index in [4.69, 9.17) is 4.74 Å². The maximum Gasteiger partial charge on any atom is 0.227 e. The topological polar surface area (TPSA) is 41.6 Å². The van der Waals surface area contributed by atoms with Gasteiger partial charge in [0.05, 0.1) is 0 Å². The lowest BCUT2D eigenvalue weighted by Gasteiger charge is -2.31. The number of anilines is 1. The van der Waals surface area contributed by atoms with E-state index < -0.39 is 0 Å². The van der Waals surface area contributed by atoms with Gasteiger partial charge in [0.1, 0.15) is 12.4 Å². The number of amides is 1. The number of rotatable bonds is 7. The van der Waals surface area contributed by atoms with E-state index in [9.17, 15) is 4.79 Å². The molecular weight excluding hydrogens is 372 g/mol. The zero-order valence-corrected chi connectivity index (χ0v) is 17.2. The van der Waals surface area contributed by atoms with Crippen molar-refractivity contribution in [2.24, 2.45) is 5.92 Å². The summed E-state index contributed by atoms with van der Waals surface area (Å²) in [6.45, 7) is 3.41. The normalized spacial score (nSPS) is 14.9. The third-order valence-corrected chi connectivity index (χ3v) is 5.58. The Hall–Kier alpha value is -3.11. The molecule has 1 N–H and O–H groups in total. The molecule has 1 aliphatic rings. The first-order valence-electron chi connectivity index (χ1n) is 10.6. The van der Waals surface area contributed by atoms with E-state index in [2.05, 4.69) is 34.5 Å². The molecular formula is C26H28N2O2. The Morgan fingerprint density at radius 3 is 2.07 bits per heavy atom. The first-order valence-corrected chi connectivity index (χ1v) is 10.6. The Morgan fingerprint density at radius 1 is 0.833 bits per heavy atom. The minimum atomic E-state index is 0.0750. The standard InChI is InChI=1S/C26H28N2O2/c29-26(23-15-17-28(18-16-23)19-21-7-3-1-4-8-21)27-24-11-13-25(14-12-24)30-20-22-9-5-2-6-10-22/h1-14,23H,15-20H2,(H,27,29). The van der Waals surface area contributed by atoms with Crippen molar-refractivity contribution in [3.63, 3.8) is 0 Å². The maximum atomic E-state index is 12.7. The SMILES string of the molecule is O=C(Nc1ccc(OCc2ccccc2)cc1)C1CCN(Cc2ccccc2)CC1. The summed E-state index contributed by atoms with van der Waals surface area (Å²) in [5.74, 6) is 0.990. The summed E-state index contributed by atoms with van der Waals surface area (Å²) in [6.07, 6.45) is 1.80. The first-order chi connectivity index (χ1) is 14.8. The molecule has 4 rings (SSSR count). The first kappa shape index (κ1) is 20.2. The lowest BCUT2D eigenvalue weighted by atomic mass is 9.95. The molecule has 0 bridgehead atoms. The van der Waals surface area contributed by atoms with Crippen LogP contribution >= 0.6 is 0 Å². The number of hydrogen-bond donors (Lipinski definition) is 1. The Labute approximate surface area is 178 Å². The van der Waals surface area contributed by atoms with E-state index in [0.717, 1.165) is 49.5 Å². The second-order valence-corrected chi connectivity index (χ2v) is 7.82. The van der Waals surface area contributed by atoms with Gasteiger partial charge in [-0.1, -0.05) is 60.7 Å². The maximum absolute atomic E-state index is 12.7. The van der Waals surface area contributed by atoms with E-state index in [1.165, 1.54) is 5.56 Å². The Morgan fingerprint density at radius 2 is 1.43 bits per heavy atom. The van der Waals surface area contributed by atoms with Crippen LogP contribution in [0, 0.1) is 5.92 Å². The van der Waals surface area contributed by atoms with Crippen molar-refractivity contribution in [3.05, 3.63) is 96.1 Å². The highest BCUT2D eigenvalue weighted by Crippen LogP contribution is 2.22. The number of benzene rings is 3. The highest BCUT2D eigenvalue weighted by molar-refractivity contribution is 5.92. The van der Waals surface area contributed by atoms with Crippen LogP contribution in [0.2, 0.25) is 0 Å². The van der Waals surface area contributed by atoms with Crippen molar-refractivity contribution in [1.82, 2.24) is 4.90 Å². The van der Waals surface area contributed by atoms with Gasteiger partial charge < -0.3 is 10.1 Å². The molecule has 1 fully saturated rings. The quantitative estimate of drug-likeness (QED) is 0.599. The van der Waals surface area contributed by atoms with Crippen molar-refractivity contribution in [2.75, 3.05) is 18.4 Å². The van der Waals surface area contributed by atoms with Gasteiger partial charge in [-0.25, -0.2) is 0 Å². The molecule has 1 saturated heterocycles. The lowest BCUT2D eigenvalue weighted by Crippen LogP contribution is -2.37. The molecule has 30 heavy (non-hydrogen) atoms. The lowest BCUT2D eigenvalue weighted by molar-refractivity contribution is -0.121. The Kier molecular flexibility index (Phi) is 6.78. The van der Waals surface area contributed by atoms with Crippen molar-refractivity contribution in [1.29, 1.82) is 0 Å². The van der Waals surface area contributed by atoms with Crippen LogP contribution in [-0.4, -0.2) is 23.9 Å². The summed E-state index contributed by atoms with van der Waals surface area (Å²) in [6, 6.07) is 28.2. The molecule has 3 aromatic carbocycles. The molecule has 0 spiro atoms. The van der Waals surface area contributed by atoms with Crippen molar-refractivity contribution in [3.8, 4) is 5.75 Å². The van der Waals surface area contributed by atoms with E-state index in [-0.39, 0.29) is 11.8 Å². The zero-order valence-electron chi connectivity index (χ0n) is 17.2. The number of carbonyl (C=O) groups is 1. The van der Waals surface area contributed by atoms with Gasteiger partial charge in [-0.15, -0.1) is 0 Å². The molecule has 0 unspecified atom stereocenters. The molecule has 1 aliphatic heterocycles. The van der Waals surface area contributed by atoms with Crippen LogP contribution < -0.4 is 10.1 Å². The van der Waals surface area contributed by atoms with Crippen LogP contribution in [0.25, 0.3) is 0 Å². The van der Waals surface area contributed by atoms with Crippen LogP contribution in [0.5, 0.6) is 5.75 Å². The molecule has 4 nitrogen and oxygen atoms in total. The number of hydrogen-bond acceptors (Lipinski definition) is 3. The fourth-order valence-corrected chi connectivity index (χ4v) is 3.81. The highest BCUT2D eigenvalue weighted by Gasteiger charge is 2.25. The summed E-state index contributed by atoms with van der Waals surface area (Å²) < 4.78 is 5.81. The molecule has 154 valence electrons. The van der Waals surface area contributed by atoms with E-state index >= 15 is 0 Å². The van der Waals surface area contributed by atoms with Crippen molar-refractivity contribution in [2.45, 2.75) is 26.0 Å². The van der Waals surface area contributed by atoms with Crippen LogP contribution in [-0.2, 0) is 17.9 Å². The fourth-order valence-electron chi connectivity index (χ4n) is 3.81. The van der Waals surface area contributed by atoms with Gasteiger partial charge in [-0.05, 0) is 61.3 Å².